The molecule has 0 aliphatic carbocycles. The first kappa shape index (κ1) is 77.4. The number of carbonyl (C=O) groups is 1. The summed E-state index contributed by atoms with van der Waals surface area (Å²) in [5.41, 5.74) is 13.3. The number of aliphatic hydroxyl groups excluding tert-OH is 6. The van der Waals surface area contributed by atoms with E-state index in [1.165, 1.54) is 0 Å². The van der Waals surface area contributed by atoms with Crippen LogP contribution in [0, 0.1) is 15.4 Å². The minimum atomic E-state index is -1.48. The lowest BCUT2D eigenvalue weighted by Crippen LogP contribution is -2.33. The first-order valence-electron chi connectivity index (χ1n) is 27.8. The van der Waals surface area contributed by atoms with Gasteiger partial charge in [-0.2, -0.15) is 4.21 Å². The van der Waals surface area contributed by atoms with E-state index in [-0.39, 0.29) is 36.6 Å². The van der Waals surface area contributed by atoms with Crippen molar-refractivity contribution in [2.75, 3.05) is 19.6 Å². The van der Waals surface area contributed by atoms with Crippen LogP contribution in [0.15, 0.2) is 97.1 Å². The van der Waals surface area contributed by atoms with E-state index in [0.717, 1.165) is 63.2 Å². The highest BCUT2D eigenvalue weighted by atomic mass is 127. The number of rotatable bonds is 20. The maximum atomic E-state index is 11.6. The maximum Gasteiger partial charge on any atom is 0.407 e. The van der Waals surface area contributed by atoms with Crippen LogP contribution in [0.5, 0.6) is 23.0 Å². The molecule has 4 aromatic rings. The van der Waals surface area contributed by atoms with Crippen LogP contribution < -0.4 is 35.7 Å². The molecule has 82 heavy (non-hydrogen) atoms. The molecule has 1 aliphatic heterocycles. The fourth-order valence-corrected chi connectivity index (χ4v) is 7.08. The van der Waals surface area contributed by atoms with E-state index in [1.54, 1.807) is 41.5 Å². The van der Waals surface area contributed by atoms with E-state index < -0.39 is 59.7 Å². The second-order valence-electron chi connectivity index (χ2n) is 20.6. The minimum absolute atomic E-state index is 0.0316. The number of halogens is 1. The summed E-state index contributed by atoms with van der Waals surface area (Å²) in [7, 11) is 0. The van der Waals surface area contributed by atoms with Crippen molar-refractivity contribution in [3.8, 4) is 34.8 Å². The van der Waals surface area contributed by atoms with E-state index in [0.29, 0.717) is 25.4 Å². The average molecular weight is 1280 g/mol. The number of amides is 1. The lowest BCUT2D eigenvalue weighted by atomic mass is 10.1. The molecule has 12 atom stereocenters. The topological polar surface area (TPSA) is 284 Å². The molecule has 1 fully saturated rings. The summed E-state index contributed by atoms with van der Waals surface area (Å²) in [5.74, 6) is 8.85. The molecule has 1 saturated heterocycles. The molecule has 18 nitrogen and oxygen atoms in total. The van der Waals surface area contributed by atoms with Crippen LogP contribution >= 0.6 is 22.6 Å². The zero-order chi connectivity index (χ0) is 62.5. The van der Waals surface area contributed by atoms with Gasteiger partial charge in [-0.05, 0) is 206 Å². The zero-order valence-electron chi connectivity index (χ0n) is 50.9. The highest BCUT2D eigenvalue weighted by Gasteiger charge is 2.27. The number of nitrogens with two attached hydrogens (primary N) is 2. The van der Waals surface area contributed by atoms with Crippen molar-refractivity contribution in [2.24, 2.45) is 11.5 Å². The van der Waals surface area contributed by atoms with Crippen LogP contribution in [-0.2, 0) is 37.3 Å². The first-order valence-corrected chi connectivity index (χ1v) is 29.9. The van der Waals surface area contributed by atoms with Crippen molar-refractivity contribution in [1.29, 1.82) is 0 Å². The van der Waals surface area contributed by atoms with E-state index in [1.807, 2.05) is 159 Å². The number of aliphatic hydroxyl groups is 6. The Morgan fingerprint density at radius 2 is 0.951 bits per heavy atom. The molecule has 4 aromatic carbocycles. The third-order valence-corrected chi connectivity index (χ3v) is 13.5. The molecule has 0 bridgehead atoms. The summed E-state index contributed by atoms with van der Waals surface area (Å²) < 4.78 is 48.7. The molecule has 11 N–H and O–H groups in total. The Morgan fingerprint density at radius 3 is 1.32 bits per heavy atom. The van der Waals surface area contributed by atoms with E-state index in [9.17, 15) is 29.4 Å². The lowest BCUT2D eigenvalue weighted by Gasteiger charge is -2.20. The minimum Gasteiger partial charge on any atom is -0.488 e. The summed E-state index contributed by atoms with van der Waals surface area (Å²) in [4.78, 5) is 11.6. The molecule has 5 rings (SSSR count). The van der Waals surface area contributed by atoms with Crippen molar-refractivity contribution in [2.45, 2.75) is 208 Å². The average Bonchev–Trinajstić information content (AvgIpc) is 3.73. The fourth-order valence-electron chi connectivity index (χ4n) is 5.71. The van der Waals surface area contributed by atoms with Gasteiger partial charge in [0, 0.05) is 6.54 Å². The van der Waals surface area contributed by atoms with Gasteiger partial charge in [-0.3, -0.25) is 8.37 Å². The number of carbonyl (C=O) groups excluding carboxylic acids is 1. The van der Waals surface area contributed by atoms with Crippen LogP contribution in [0.4, 0.5) is 4.79 Å². The Morgan fingerprint density at radius 1 is 0.585 bits per heavy atom. The summed E-state index contributed by atoms with van der Waals surface area (Å²) >= 11 is 0.727. The second kappa shape index (κ2) is 43.1. The number of aryl methyl sites for hydroxylation is 2. The van der Waals surface area contributed by atoms with Crippen molar-refractivity contribution in [1.82, 2.24) is 5.32 Å². The van der Waals surface area contributed by atoms with Gasteiger partial charge in [0.05, 0.1) is 52.3 Å². The van der Waals surface area contributed by atoms with E-state index >= 15 is 0 Å². The van der Waals surface area contributed by atoms with Gasteiger partial charge in [-0.25, -0.2) is 4.79 Å². The number of alkyl carbamates (subject to hydrolysis) is 1. The summed E-state index contributed by atoms with van der Waals surface area (Å²) in [6.45, 7) is 28.0. The van der Waals surface area contributed by atoms with Gasteiger partial charge in [-0.1, -0.05) is 72.5 Å². The van der Waals surface area contributed by atoms with Crippen molar-refractivity contribution < 1.29 is 71.7 Å². The Bertz CT molecular complexity index is 2390. The van der Waals surface area contributed by atoms with E-state index in [2.05, 4.69) is 39.7 Å². The molecule has 0 aromatic heterocycles. The first-order chi connectivity index (χ1) is 38.4. The number of nitrogens with one attached hydrogen (secondary N) is 1. The molecule has 0 spiro atoms. The Balaban J connectivity index is 0.00000100. The van der Waals surface area contributed by atoms with Gasteiger partial charge in [0.25, 0.3) is 0 Å². The van der Waals surface area contributed by atoms with Gasteiger partial charge in [-0.15, -0.1) is 0 Å². The van der Waals surface area contributed by atoms with Crippen molar-refractivity contribution >= 4 is 40.0 Å². The number of benzene rings is 4. The van der Waals surface area contributed by atoms with Crippen molar-refractivity contribution in [3.63, 3.8) is 0 Å². The standard InChI is InChI=1S/C18H29NO4.C13H21NO2.C13H17NO2.C10H13IO2.C4H8O3S.C4H10O2/c1-13(20)14(2)22-16-11-7-6-9-15(16)10-8-12-19-17(21)23-18(3,4)5;2*1-10(15)11(2)16-13-8-4-3-6-12(13)7-5-9-14;1-7(12)8(2)13-10-6-4-3-5-9(10)11;1-3-4(2)7-8(5)6-3;1-3(5)4(2)6/h6-7,9,11,13-14,20H,8,10,12H2,1-5H3,(H,19,21);3-4,6,8,10-11,15H,5,7,9,14H2,1-2H3;3-4,6,8,10-11,15H,9,14H2,1-2H3;3-8,12H,1-2H3;3-4H,1-2H3;3-6H,1-2H3/t13-,14+;2*10-,11+;7-,8+;2*3-,4-/m000000/s1. The SMILES string of the molecule is C[C@@H]1OS(=O)O[C@H]1C.C[C@H](O)[C@@H](C)Oc1ccccc1C#CCN.C[C@H](O)[C@@H](C)Oc1ccccc1CCCN.C[C@H](O)[C@@H](C)Oc1ccccc1CCCNC(=O)OC(C)(C)C.C[C@H](O)[C@@H](C)Oc1ccccc1I.C[C@H](O)[C@H](C)O. The number of hydrogen-bond acceptors (Lipinski definition) is 17. The van der Waals surface area contributed by atoms with Crippen LogP contribution in [0.1, 0.15) is 133 Å². The van der Waals surface area contributed by atoms with E-state index in [4.69, 9.17) is 53.7 Å². The number of ether oxygens (including phenoxy) is 5. The van der Waals surface area contributed by atoms with Gasteiger partial charge in [0.15, 0.2) is 0 Å². The lowest BCUT2D eigenvalue weighted by molar-refractivity contribution is 0.0438. The third kappa shape index (κ3) is 36.2. The highest BCUT2D eigenvalue weighted by Crippen LogP contribution is 2.24. The molecule has 1 aliphatic rings. The van der Waals surface area contributed by atoms with Gasteiger partial charge < -0.3 is 71.1 Å². The number of para-hydroxylation sites is 4. The molecule has 464 valence electrons. The predicted molar refractivity (Wildman–Crippen MR) is 334 cm³/mol. The van der Waals surface area contributed by atoms with Crippen LogP contribution in [-0.4, -0.2) is 139 Å². The normalized spacial score (nSPS) is 17.2. The highest BCUT2D eigenvalue weighted by molar-refractivity contribution is 14.1. The number of hydrogen-bond donors (Lipinski definition) is 9. The molecule has 0 unspecified atom stereocenters. The van der Waals surface area contributed by atoms with Gasteiger partial charge >= 0.3 is 17.5 Å². The largest absolute Gasteiger partial charge is 0.488 e. The quantitative estimate of drug-likeness (QED) is 0.0227. The van der Waals surface area contributed by atoms with Crippen LogP contribution in [0.2, 0.25) is 0 Å². The maximum absolute atomic E-state index is 11.6. The molecule has 20 heteroatoms. The summed E-state index contributed by atoms with van der Waals surface area (Å²) in [6, 6.07) is 30.9. The second-order valence-corrected chi connectivity index (χ2v) is 22.6. The molecular formula is C62H98IN3O15S. The fraction of sp³-hybridized carbons (Fsp3) is 0.565. The van der Waals surface area contributed by atoms with Crippen LogP contribution in [0.25, 0.3) is 0 Å². The Kier molecular flexibility index (Phi) is 40.7. The molecule has 1 amide bonds. The Labute approximate surface area is 505 Å². The van der Waals surface area contributed by atoms with Crippen LogP contribution in [0.3, 0.4) is 0 Å². The van der Waals surface area contributed by atoms with Gasteiger partial charge in [0.1, 0.15) is 65.2 Å². The predicted octanol–water partition coefficient (Wildman–Crippen LogP) is 8.74. The summed E-state index contributed by atoms with van der Waals surface area (Å²) in [6.07, 6.45) is -1.09. The van der Waals surface area contributed by atoms with Gasteiger partial charge in [0.2, 0.25) is 0 Å². The monoisotopic (exact) mass is 1280 g/mol. The molecule has 0 saturated carbocycles. The molecule has 1 heterocycles. The molecular weight excluding hydrogens is 1190 g/mol. The molecule has 0 radical (unpaired) electrons. The van der Waals surface area contributed by atoms with Crippen molar-refractivity contribution in [3.05, 3.63) is 117 Å². The smallest absolute Gasteiger partial charge is 0.407 e. The third-order valence-electron chi connectivity index (χ3n) is 11.7. The zero-order valence-corrected chi connectivity index (χ0v) is 53.9. The summed E-state index contributed by atoms with van der Waals surface area (Å²) in [5, 5.41) is 57.1. The Hall–Kier alpha value is -4.61.